The Hall–Kier alpha value is -2.85. The van der Waals surface area contributed by atoms with E-state index in [1.807, 2.05) is 49.0 Å². The number of nitrogens with zero attached hydrogens (tertiary/aromatic N) is 2. The second-order valence-corrected chi connectivity index (χ2v) is 15.5. The van der Waals surface area contributed by atoms with E-state index in [2.05, 4.69) is 29.8 Å². The number of ether oxygens (including phenoxy) is 3. The number of unbranched alkanes of at least 4 members (excludes halogenated alkanes) is 2. The van der Waals surface area contributed by atoms with Crippen LogP contribution in [0, 0.1) is 24.7 Å². The zero-order valence-electron chi connectivity index (χ0n) is 29.2. The maximum absolute atomic E-state index is 9.82. The van der Waals surface area contributed by atoms with Gasteiger partial charge in [0.2, 0.25) is 5.79 Å². The molecule has 2 N–H and O–H groups in total. The SMILES string of the molecule is C=CCOC12Oc3ccc(OCc4cccc(C)n4)cc3C3C(CCCCO)C(CCCCO)C=C(C(=NOC)CC1SC1CCCC1)C32. The van der Waals surface area contributed by atoms with E-state index in [0.717, 1.165) is 78.3 Å². The van der Waals surface area contributed by atoms with Crippen LogP contribution >= 0.6 is 11.8 Å². The number of allylic oxidation sites excluding steroid dienone is 1. The van der Waals surface area contributed by atoms with Gasteiger partial charge >= 0.3 is 0 Å². The maximum Gasteiger partial charge on any atom is 0.230 e. The first-order chi connectivity index (χ1) is 24.0. The van der Waals surface area contributed by atoms with Crippen molar-refractivity contribution in [3.05, 3.63) is 77.7 Å². The summed E-state index contributed by atoms with van der Waals surface area (Å²) in [4.78, 5) is 10.2. The van der Waals surface area contributed by atoms with Crippen molar-refractivity contribution >= 4 is 17.5 Å². The number of fused-ring (bicyclic) bond motifs is 2. The van der Waals surface area contributed by atoms with Crippen molar-refractivity contribution in [3.8, 4) is 11.5 Å². The third-order valence-electron chi connectivity index (χ3n) is 10.8. The van der Waals surface area contributed by atoms with Gasteiger partial charge < -0.3 is 29.3 Å². The molecule has 6 rings (SSSR count). The van der Waals surface area contributed by atoms with E-state index in [1.54, 1.807) is 7.11 Å². The van der Waals surface area contributed by atoms with Crippen LogP contribution in [0.15, 0.2) is 65.9 Å². The van der Waals surface area contributed by atoms with Gasteiger partial charge in [0.1, 0.15) is 25.2 Å². The molecule has 9 heteroatoms. The van der Waals surface area contributed by atoms with Crippen molar-refractivity contribution < 1.29 is 29.3 Å². The highest BCUT2D eigenvalue weighted by molar-refractivity contribution is 8.00. The van der Waals surface area contributed by atoms with Gasteiger partial charge in [0, 0.05) is 42.1 Å². The number of pyridine rings is 1. The zero-order valence-corrected chi connectivity index (χ0v) is 30.0. The Labute approximate surface area is 296 Å². The molecule has 8 nitrogen and oxygen atoms in total. The summed E-state index contributed by atoms with van der Waals surface area (Å²) in [5, 5.41) is 24.8. The summed E-state index contributed by atoms with van der Waals surface area (Å²) in [7, 11) is 1.64. The van der Waals surface area contributed by atoms with Crippen molar-refractivity contribution in [2.45, 2.75) is 106 Å². The average Bonchev–Trinajstić information content (AvgIpc) is 3.62. The van der Waals surface area contributed by atoms with E-state index in [9.17, 15) is 10.2 Å². The first-order valence-corrected chi connectivity index (χ1v) is 19.3. The molecule has 2 heterocycles. The first kappa shape index (κ1) is 36.0. The molecule has 2 aromatic rings. The molecule has 1 aromatic heterocycles. The second kappa shape index (κ2) is 16.9. The van der Waals surface area contributed by atoms with Crippen LogP contribution in [0.1, 0.15) is 93.5 Å². The fourth-order valence-corrected chi connectivity index (χ4v) is 10.5. The zero-order chi connectivity index (χ0) is 34.2. The largest absolute Gasteiger partial charge is 0.487 e. The van der Waals surface area contributed by atoms with Crippen LogP contribution in [0.3, 0.4) is 0 Å². The van der Waals surface area contributed by atoms with Crippen LogP contribution in [0.2, 0.25) is 0 Å². The van der Waals surface area contributed by atoms with Gasteiger partial charge in [-0.1, -0.05) is 49.1 Å². The molecule has 6 atom stereocenters. The summed E-state index contributed by atoms with van der Waals surface area (Å²) in [5.41, 5.74) is 5.13. The highest BCUT2D eigenvalue weighted by Crippen LogP contribution is 2.63. The molecule has 3 aliphatic carbocycles. The lowest BCUT2D eigenvalue weighted by atomic mass is 9.56. The fraction of sp³-hybridized carbons (Fsp3) is 0.600. The van der Waals surface area contributed by atoms with Crippen LogP contribution in [-0.2, 0) is 16.2 Å². The lowest BCUT2D eigenvalue weighted by Crippen LogP contribution is -2.64. The van der Waals surface area contributed by atoms with Gasteiger partial charge in [-0.2, -0.15) is 0 Å². The fourth-order valence-electron chi connectivity index (χ4n) is 8.74. The van der Waals surface area contributed by atoms with Crippen molar-refractivity contribution in [1.82, 2.24) is 4.98 Å². The monoisotopic (exact) mass is 690 g/mol. The summed E-state index contributed by atoms with van der Waals surface area (Å²) in [6.07, 6.45) is 15.2. The Morgan fingerprint density at radius 1 is 1.08 bits per heavy atom. The van der Waals surface area contributed by atoms with E-state index >= 15 is 0 Å². The molecule has 1 aliphatic heterocycles. The Balaban J connectivity index is 1.49. The van der Waals surface area contributed by atoms with Crippen LogP contribution < -0.4 is 9.47 Å². The van der Waals surface area contributed by atoms with Crippen molar-refractivity contribution in [3.63, 3.8) is 0 Å². The molecule has 0 radical (unpaired) electrons. The smallest absolute Gasteiger partial charge is 0.230 e. The van der Waals surface area contributed by atoms with E-state index in [1.165, 1.54) is 25.7 Å². The molecule has 266 valence electrons. The number of aromatic nitrogens is 1. The van der Waals surface area contributed by atoms with Crippen LogP contribution in [-0.4, -0.2) is 64.1 Å². The molecule has 2 fully saturated rings. The Morgan fingerprint density at radius 2 is 1.88 bits per heavy atom. The van der Waals surface area contributed by atoms with E-state index < -0.39 is 5.79 Å². The molecular formula is C40H54N2O6S. The summed E-state index contributed by atoms with van der Waals surface area (Å²) >= 11 is 2.02. The van der Waals surface area contributed by atoms with Gasteiger partial charge in [-0.25, -0.2) is 0 Å². The van der Waals surface area contributed by atoms with Gasteiger partial charge in [0.25, 0.3) is 0 Å². The topological polar surface area (TPSA) is 103 Å². The quantitative estimate of drug-likeness (QED) is 0.0982. The van der Waals surface area contributed by atoms with E-state index in [4.69, 9.17) is 24.2 Å². The predicted molar refractivity (Wildman–Crippen MR) is 195 cm³/mol. The Kier molecular flexibility index (Phi) is 12.4. The Bertz CT molecular complexity index is 1470. The second-order valence-electron chi connectivity index (χ2n) is 14.0. The summed E-state index contributed by atoms with van der Waals surface area (Å²) in [5.74, 6) is 1.16. The number of rotatable bonds is 17. The number of aryl methyl sites for hydroxylation is 1. The van der Waals surface area contributed by atoms with E-state index in [0.29, 0.717) is 24.9 Å². The minimum atomic E-state index is -0.920. The molecule has 0 saturated heterocycles. The molecule has 0 amide bonds. The van der Waals surface area contributed by atoms with Gasteiger partial charge in [0.05, 0.1) is 29.2 Å². The van der Waals surface area contributed by atoms with Gasteiger partial charge in [-0.15, -0.1) is 18.3 Å². The van der Waals surface area contributed by atoms with Crippen molar-refractivity contribution in [2.75, 3.05) is 26.9 Å². The summed E-state index contributed by atoms with van der Waals surface area (Å²) in [6, 6.07) is 12.3. The number of thioether (sulfide) groups is 1. The molecular weight excluding hydrogens is 637 g/mol. The Morgan fingerprint density at radius 3 is 2.61 bits per heavy atom. The van der Waals surface area contributed by atoms with Crippen LogP contribution in [0.4, 0.5) is 0 Å². The highest BCUT2D eigenvalue weighted by atomic mass is 32.2. The number of aliphatic hydroxyl groups excluding tert-OH is 2. The highest BCUT2D eigenvalue weighted by Gasteiger charge is 2.64. The molecule has 0 spiro atoms. The van der Waals surface area contributed by atoms with Gasteiger partial charge in [0.15, 0.2) is 0 Å². The average molecular weight is 691 g/mol. The molecule has 0 bridgehead atoms. The summed E-state index contributed by atoms with van der Waals surface area (Å²) in [6.45, 7) is 7.15. The van der Waals surface area contributed by atoms with Crippen molar-refractivity contribution in [2.24, 2.45) is 22.9 Å². The maximum atomic E-state index is 9.82. The first-order valence-electron chi connectivity index (χ1n) is 18.3. The number of hydrogen-bond donors (Lipinski definition) is 2. The third kappa shape index (κ3) is 7.90. The number of benzene rings is 1. The number of aliphatic hydroxyl groups is 2. The normalized spacial score (nSPS) is 28.4. The molecule has 49 heavy (non-hydrogen) atoms. The molecule has 4 aliphatic rings. The molecule has 2 saturated carbocycles. The number of oxime groups is 1. The lowest BCUT2D eigenvalue weighted by Gasteiger charge is -2.58. The minimum Gasteiger partial charge on any atom is -0.487 e. The minimum absolute atomic E-state index is 0.00889. The van der Waals surface area contributed by atoms with Crippen molar-refractivity contribution in [1.29, 1.82) is 0 Å². The predicted octanol–water partition coefficient (Wildman–Crippen LogP) is 7.91. The third-order valence-corrected chi connectivity index (χ3v) is 12.5. The van der Waals surface area contributed by atoms with Gasteiger partial charge in [-0.05, 0) is 93.2 Å². The lowest BCUT2D eigenvalue weighted by molar-refractivity contribution is -0.223. The molecule has 6 unspecified atom stereocenters. The number of hydrogen-bond acceptors (Lipinski definition) is 9. The molecule has 1 aromatic carbocycles. The summed E-state index contributed by atoms with van der Waals surface area (Å²) < 4.78 is 20.7. The van der Waals surface area contributed by atoms with E-state index in [-0.39, 0.29) is 42.1 Å². The van der Waals surface area contributed by atoms with Crippen LogP contribution in [0.5, 0.6) is 11.5 Å². The van der Waals surface area contributed by atoms with Gasteiger partial charge in [-0.3, -0.25) is 4.98 Å². The van der Waals surface area contributed by atoms with Crippen LogP contribution in [0.25, 0.3) is 0 Å². The standard InChI is InChI=1S/C40H54N2O6S/c1-4-22-47-40-37(49-31-15-5-6-16-31)25-35(42-45-3)33-23-28(13-7-9-20-43)32(17-8-10-21-44)38(39(33)40)34-24-30(18-19-36(34)48-40)46-26-29-14-11-12-27(2)41-29/h4,11-12,14,18-19,23-24,28,31-32,37-39,43-44H,1,5-10,13,15-17,20-22,25-26H2,2-3H3.